The molecule has 1 N–H and O–H groups in total. The molecule has 0 fully saturated rings. The maximum Gasteiger partial charge on any atom is 0.260 e. The molecule has 0 bridgehead atoms. The van der Waals surface area contributed by atoms with Crippen LogP contribution in [-0.2, 0) is 6.54 Å². The van der Waals surface area contributed by atoms with E-state index in [1.807, 2.05) is 30.3 Å². The Kier molecular flexibility index (Phi) is 5.35. The van der Waals surface area contributed by atoms with Crippen molar-refractivity contribution in [2.75, 3.05) is 12.4 Å². The van der Waals surface area contributed by atoms with Crippen LogP contribution in [0, 0.1) is 5.82 Å². The van der Waals surface area contributed by atoms with Crippen LogP contribution in [0.1, 0.15) is 15.9 Å². The number of methoxy groups -OCH3 is 1. The van der Waals surface area contributed by atoms with Gasteiger partial charge in [0, 0.05) is 17.1 Å². The van der Waals surface area contributed by atoms with Gasteiger partial charge in [-0.2, -0.15) is 5.10 Å². The summed E-state index contributed by atoms with van der Waals surface area (Å²) in [6.07, 6.45) is 3.20. The number of hydrogen-bond acceptors (Lipinski definition) is 5. The average Bonchev–Trinajstić information content (AvgIpc) is 3.38. The van der Waals surface area contributed by atoms with Gasteiger partial charge in [0.05, 0.1) is 31.1 Å². The van der Waals surface area contributed by atoms with Gasteiger partial charge in [0.15, 0.2) is 5.13 Å². The standard InChI is InChI=1S/C21H17FN4O2S/c1-28-19-8-7-16(22)9-17(19)18-13-29-21(24-18)25-20(27)15-10-23-26(12-15)11-14-5-3-2-4-6-14/h2-10,12-13H,11H2,1H3,(H,24,25,27). The van der Waals surface area contributed by atoms with E-state index in [0.29, 0.717) is 34.2 Å². The number of benzene rings is 2. The molecule has 0 atom stereocenters. The maximum absolute atomic E-state index is 13.6. The van der Waals surface area contributed by atoms with Gasteiger partial charge in [-0.3, -0.25) is 14.8 Å². The maximum atomic E-state index is 13.6. The van der Waals surface area contributed by atoms with Gasteiger partial charge in [0.2, 0.25) is 0 Å². The molecule has 2 heterocycles. The van der Waals surface area contributed by atoms with Crippen LogP contribution in [-0.4, -0.2) is 27.8 Å². The van der Waals surface area contributed by atoms with Crippen LogP contribution in [0.25, 0.3) is 11.3 Å². The zero-order chi connectivity index (χ0) is 20.2. The Balaban J connectivity index is 1.47. The molecule has 2 aromatic heterocycles. The number of aromatic nitrogens is 3. The number of ether oxygens (including phenoxy) is 1. The minimum absolute atomic E-state index is 0.309. The first kappa shape index (κ1) is 18.8. The largest absolute Gasteiger partial charge is 0.496 e. The normalized spacial score (nSPS) is 10.7. The summed E-state index contributed by atoms with van der Waals surface area (Å²) < 4.78 is 20.6. The molecule has 4 rings (SSSR count). The van der Waals surface area contributed by atoms with Crippen LogP contribution >= 0.6 is 11.3 Å². The predicted octanol–water partition coefficient (Wildman–Crippen LogP) is 4.45. The second-order valence-electron chi connectivity index (χ2n) is 6.25. The number of hydrogen-bond donors (Lipinski definition) is 1. The zero-order valence-corrected chi connectivity index (χ0v) is 16.3. The van der Waals surface area contributed by atoms with E-state index < -0.39 is 0 Å². The van der Waals surface area contributed by atoms with Crippen molar-refractivity contribution in [1.82, 2.24) is 14.8 Å². The Hall–Kier alpha value is -3.52. The molecule has 1 amide bonds. The zero-order valence-electron chi connectivity index (χ0n) is 15.5. The molecular weight excluding hydrogens is 391 g/mol. The third kappa shape index (κ3) is 4.33. The quantitative estimate of drug-likeness (QED) is 0.512. The van der Waals surface area contributed by atoms with Gasteiger partial charge in [-0.25, -0.2) is 9.37 Å². The molecular formula is C21H17FN4O2S. The number of nitrogens with zero attached hydrogens (tertiary/aromatic N) is 3. The molecule has 0 aliphatic carbocycles. The highest BCUT2D eigenvalue weighted by Gasteiger charge is 2.14. The lowest BCUT2D eigenvalue weighted by Gasteiger charge is -2.05. The number of nitrogens with one attached hydrogen (secondary N) is 1. The summed E-state index contributed by atoms with van der Waals surface area (Å²) in [5.41, 5.74) is 2.58. The minimum Gasteiger partial charge on any atom is -0.496 e. The number of amides is 1. The highest BCUT2D eigenvalue weighted by atomic mass is 32.1. The lowest BCUT2D eigenvalue weighted by molar-refractivity contribution is 0.102. The molecule has 0 saturated heterocycles. The summed E-state index contributed by atoms with van der Waals surface area (Å²) in [6.45, 7) is 0.578. The third-order valence-electron chi connectivity index (χ3n) is 4.24. The highest BCUT2D eigenvalue weighted by Crippen LogP contribution is 2.32. The fraction of sp³-hybridized carbons (Fsp3) is 0.0952. The molecule has 146 valence electrons. The van der Waals surface area contributed by atoms with Crippen molar-refractivity contribution in [3.63, 3.8) is 0 Å². The molecule has 29 heavy (non-hydrogen) atoms. The molecule has 0 spiro atoms. The number of carbonyl (C=O) groups excluding carboxylic acids is 1. The first-order valence-corrected chi connectivity index (χ1v) is 9.67. The van der Waals surface area contributed by atoms with Crippen molar-refractivity contribution in [2.24, 2.45) is 0 Å². The van der Waals surface area contributed by atoms with Crippen molar-refractivity contribution in [3.05, 3.63) is 83.2 Å². The summed E-state index contributed by atoms with van der Waals surface area (Å²) >= 11 is 1.25. The summed E-state index contributed by atoms with van der Waals surface area (Å²) in [7, 11) is 1.51. The number of anilines is 1. The Bertz CT molecular complexity index is 1140. The molecule has 0 saturated carbocycles. The SMILES string of the molecule is COc1ccc(F)cc1-c1csc(NC(=O)c2cnn(Cc3ccccc3)c2)n1. The van der Waals surface area contributed by atoms with Gasteiger partial charge >= 0.3 is 0 Å². The second-order valence-corrected chi connectivity index (χ2v) is 7.11. The molecule has 2 aromatic carbocycles. The summed E-state index contributed by atoms with van der Waals surface area (Å²) in [5.74, 6) is -0.182. The van der Waals surface area contributed by atoms with Crippen LogP contribution in [0.3, 0.4) is 0 Å². The van der Waals surface area contributed by atoms with Gasteiger partial charge in [0.1, 0.15) is 11.6 Å². The first-order chi connectivity index (χ1) is 14.1. The van der Waals surface area contributed by atoms with Crippen molar-refractivity contribution in [1.29, 1.82) is 0 Å². The van der Waals surface area contributed by atoms with Gasteiger partial charge in [-0.15, -0.1) is 11.3 Å². The molecule has 6 nitrogen and oxygen atoms in total. The summed E-state index contributed by atoms with van der Waals surface area (Å²) in [4.78, 5) is 16.9. The Labute approximate surface area is 170 Å². The van der Waals surface area contributed by atoms with Crippen molar-refractivity contribution < 1.29 is 13.9 Å². The van der Waals surface area contributed by atoms with E-state index in [0.717, 1.165) is 5.56 Å². The van der Waals surface area contributed by atoms with E-state index in [9.17, 15) is 9.18 Å². The molecule has 0 aliphatic rings. The fourth-order valence-corrected chi connectivity index (χ4v) is 3.55. The lowest BCUT2D eigenvalue weighted by Crippen LogP contribution is -2.11. The number of thiazole rings is 1. The van der Waals surface area contributed by atoms with Crippen LogP contribution in [0.5, 0.6) is 5.75 Å². The molecule has 0 radical (unpaired) electrons. The van der Waals surface area contributed by atoms with Crippen molar-refractivity contribution in [2.45, 2.75) is 6.54 Å². The van der Waals surface area contributed by atoms with Gasteiger partial charge in [-0.05, 0) is 23.8 Å². The van der Waals surface area contributed by atoms with Crippen LogP contribution in [0.15, 0.2) is 66.3 Å². The Morgan fingerprint density at radius 2 is 2.07 bits per heavy atom. The number of carbonyl (C=O) groups is 1. The topological polar surface area (TPSA) is 69.0 Å². The highest BCUT2D eigenvalue weighted by molar-refractivity contribution is 7.14. The fourth-order valence-electron chi connectivity index (χ4n) is 2.84. The monoisotopic (exact) mass is 408 g/mol. The first-order valence-electron chi connectivity index (χ1n) is 8.79. The predicted molar refractivity (Wildman–Crippen MR) is 110 cm³/mol. The Morgan fingerprint density at radius 1 is 1.24 bits per heavy atom. The summed E-state index contributed by atoms with van der Waals surface area (Å²) in [6, 6.07) is 14.1. The van der Waals surface area contributed by atoms with Gasteiger partial charge in [0.25, 0.3) is 5.91 Å². The van der Waals surface area contributed by atoms with E-state index in [4.69, 9.17) is 4.74 Å². The van der Waals surface area contributed by atoms with Crippen molar-refractivity contribution in [3.8, 4) is 17.0 Å². The van der Waals surface area contributed by atoms with E-state index in [1.165, 1.54) is 36.8 Å². The smallest absolute Gasteiger partial charge is 0.260 e. The molecule has 0 unspecified atom stereocenters. The summed E-state index contributed by atoms with van der Waals surface area (Å²) in [5, 5.41) is 9.15. The van der Waals surface area contributed by atoms with Crippen LogP contribution in [0.2, 0.25) is 0 Å². The second kappa shape index (κ2) is 8.24. The van der Waals surface area contributed by atoms with Crippen molar-refractivity contribution >= 4 is 22.4 Å². The average molecular weight is 408 g/mol. The van der Waals surface area contributed by atoms with Crippen LogP contribution < -0.4 is 10.1 Å². The third-order valence-corrected chi connectivity index (χ3v) is 5.00. The van der Waals surface area contributed by atoms with E-state index >= 15 is 0 Å². The number of halogens is 1. The molecule has 8 heteroatoms. The molecule has 0 aliphatic heterocycles. The van der Waals surface area contributed by atoms with Crippen LogP contribution in [0.4, 0.5) is 9.52 Å². The van der Waals surface area contributed by atoms with E-state index in [-0.39, 0.29) is 11.7 Å². The molecule has 4 aromatic rings. The van der Waals surface area contributed by atoms with Gasteiger partial charge < -0.3 is 4.74 Å². The Morgan fingerprint density at radius 3 is 2.86 bits per heavy atom. The van der Waals surface area contributed by atoms with Gasteiger partial charge in [-0.1, -0.05) is 30.3 Å². The minimum atomic E-state index is -0.384. The van der Waals surface area contributed by atoms with E-state index in [2.05, 4.69) is 15.4 Å². The van der Waals surface area contributed by atoms with E-state index in [1.54, 1.807) is 22.3 Å². The lowest BCUT2D eigenvalue weighted by atomic mass is 10.1. The number of rotatable bonds is 6.